The molecule has 76 valence electrons. The third-order valence-corrected chi connectivity index (χ3v) is 3.18. The van der Waals surface area contributed by atoms with Crippen molar-refractivity contribution in [2.24, 2.45) is 0 Å². The van der Waals surface area contributed by atoms with Crippen LogP contribution in [0.5, 0.6) is 0 Å². The van der Waals surface area contributed by atoms with Gasteiger partial charge in [0.15, 0.2) is 0 Å². The highest BCUT2D eigenvalue weighted by Gasteiger charge is 2.17. The number of halogens is 1. The first-order valence-electron chi connectivity index (χ1n) is 4.85. The topological polar surface area (TPSA) is 35.0 Å². The lowest BCUT2D eigenvalue weighted by Gasteiger charge is -2.08. The lowest BCUT2D eigenvalue weighted by atomic mass is 10.2. The van der Waals surface area contributed by atoms with Gasteiger partial charge < -0.3 is 4.74 Å². The molecule has 1 unspecified atom stereocenters. The Kier molecular flexibility index (Phi) is 3.13. The van der Waals surface area contributed by atoms with Crippen LogP contribution in [0.4, 0.5) is 0 Å². The molecule has 4 heteroatoms. The summed E-state index contributed by atoms with van der Waals surface area (Å²) in [6.45, 7) is 2.87. The van der Waals surface area contributed by atoms with Crippen LogP contribution in [0.1, 0.15) is 24.4 Å². The molecule has 3 nitrogen and oxygen atoms in total. The van der Waals surface area contributed by atoms with E-state index in [9.17, 15) is 0 Å². The Morgan fingerprint density at radius 3 is 3.14 bits per heavy atom. The van der Waals surface area contributed by atoms with Crippen molar-refractivity contribution in [2.45, 2.75) is 32.3 Å². The molecule has 14 heavy (non-hydrogen) atoms. The van der Waals surface area contributed by atoms with Crippen molar-refractivity contribution in [2.75, 3.05) is 6.61 Å². The standard InChI is InChI=1S/C10H13BrN2O/c1-7-9(11)6-12-10(13-7)5-8-3-2-4-14-8/h6,8H,2-5H2,1H3. The van der Waals surface area contributed by atoms with E-state index in [4.69, 9.17) is 4.74 Å². The van der Waals surface area contributed by atoms with Crippen LogP contribution in [-0.2, 0) is 11.2 Å². The van der Waals surface area contributed by atoms with Gasteiger partial charge in [-0.2, -0.15) is 0 Å². The molecule has 1 aliphatic rings. The maximum absolute atomic E-state index is 5.54. The molecule has 0 bridgehead atoms. The zero-order chi connectivity index (χ0) is 9.97. The largest absolute Gasteiger partial charge is 0.378 e. The van der Waals surface area contributed by atoms with Gasteiger partial charge in [-0.25, -0.2) is 9.97 Å². The number of hydrogen-bond donors (Lipinski definition) is 0. The number of rotatable bonds is 2. The predicted molar refractivity (Wildman–Crippen MR) is 57.1 cm³/mol. The maximum Gasteiger partial charge on any atom is 0.131 e. The average Bonchev–Trinajstić information content (AvgIpc) is 2.64. The highest BCUT2D eigenvalue weighted by Crippen LogP contribution is 2.17. The molecule has 1 aromatic heterocycles. The summed E-state index contributed by atoms with van der Waals surface area (Å²) < 4.78 is 6.50. The fourth-order valence-electron chi connectivity index (χ4n) is 1.61. The zero-order valence-electron chi connectivity index (χ0n) is 8.16. The van der Waals surface area contributed by atoms with Gasteiger partial charge in [0.05, 0.1) is 16.3 Å². The molecule has 1 fully saturated rings. The van der Waals surface area contributed by atoms with Gasteiger partial charge >= 0.3 is 0 Å². The van der Waals surface area contributed by atoms with Gasteiger partial charge in [-0.15, -0.1) is 0 Å². The Bertz CT molecular complexity index is 324. The van der Waals surface area contributed by atoms with Gasteiger partial charge in [0.25, 0.3) is 0 Å². The Morgan fingerprint density at radius 1 is 1.64 bits per heavy atom. The minimum atomic E-state index is 0.329. The van der Waals surface area contributed by atoms with Crippen molar-refractivity contribution in [3.63, 3.8) is 0 Å². The summed E-state index contributed by atoms with van der Waals surface area (Å²) in [5, 5.41) is 0. The van der Waals surface area contributed by atoms with Crippen molar-refractivity contribution < 1.29 is 4.74 Å². The molecule has 1 aliphatic heterocycles. The van der Waals surface area contributed by atoms with E-state index >= 15 is 0 Å². The van der Waals surface area contributed by atoms with E-state index in [0.29, 0.717) is 6.10 Å². The quantitative estimate of drug-likeness (QED) is 0.815. The summed E-state index contributed by atoms with van der Waals surface area (Å²) in [5.41, 5.74) is 0.994. The summed E-state index contributed by atoms with van der Waals surface area (Å²) in [7, 11) is 0. The van der Waals surface area contributed by atoms with E-state index in [0.717, 1.165) is 35.4 Å². The first kappa shape index (κ1) is 10.1. The number of hydrogen-bond acceptors (Lipinski definition) is 3. The van der Waals surface area contributed by atoms with Crippen molar-refractivity contribution in [1.29, 1.82) is 0 Å². The lowest BCUT2D eigenvalue weighted by molar-refractivity contribution is 0.110. The molecule has 2 rings (SSSR count). The molecule has 1 atom stereocenters. The summed E-state index contributed by atoms with van der Waals surface area (Å²) in [6.07, 6.45) is 5.29. The van der Waals surface area contributed by atoms with Gasteiger partial charge in [-0.1, -0.05) is 0 Å². The molecule has 0 saturated carbocycles. The summed E-state index contributed by atoms with van der Waals surface area (Å²) in [4.78, 5) is 8.66. The minimum absolute atomic E-state index is 0.329. The van der Waals surface area contributed by atoms with Crippen LogP contribution in [0.2, 0.25) is 0 Å². The lowest BCUT2D eigenvalue weighted by Crippen LogP contribution is -2.11. The van der Waals surface area contributed by atoms with Crippen LogP contribution in [-0.4, -0.2) is 22.7 Å². The molecule has 0 aliphatic carbocycles. The van der Waals surface area contributed by atoms with Gasteiger partial charge in [-0.05, 0) is 35.7 Å². The molecular formula is C10H13BrN2O. The molecule has 0 radical (unpaired) electrons. The van der Waals surface area contributed by atoms with E-state index in [1.165, 1.54) is 6.42 Å². The highest BCUT2D eigenvalue weighted by molar-refractivity contribution is 9.10. The van der Waals surface area contributed by atoms with Gasteiger partial charge in [0.1, 0.15) is 5.82 Å². The van der Waals surface area contributed by atoms with Crippen LogP contribution in [0.15, 0.2) is 10.7 Å². The fraction of sp³-hybridized carbons (Fsp3) is 0.600. The van der Waals surface area contributed by atoms with E-state index in [1.807, 2.05) is 13.1 Å². The van der Waals surface area contributed by atoms with Crippen molar-refractivity contribution >= 4 is 15.9 Å². The predicted octanol–water partition coefficient (Wildman–Crippen LogP) is 2.27. The van der Waals surface area contributed by atoms with Crippen LogP contribution < -0.4 is 0 Å². The molecule has 2 heterocycles. The number of aryl methyl sites for hydroxylation is 1. The van der Waals surface area contributed by atoms with E-state index in [-0.39, 0.29) is 0 Å². The second-order valence-corrected chi connectivity index (χ2v) is 4.41. The van der Waals surface area contributed by atoms with Crippen molar-refractivity contribution in [1.82, 2.24) is 9.97 Å². The number of ether oxygens (including phenoxy) is 1. The number of nitrogens with zero attached hydrogens (tertiary/aromatic N) is 2. The Hall–Kier alpha value is -0.480. The molecule has 0 aromatic carbocycles. The minimum Gasteiger partial charge on any atom is -0.378 e. The summed E-state index contributed by atoms with van der Waals surface area (Å²) >= 11 is 3.39. The Balaban J connectivity index is 2.05. The van der Waals surface area contributed by atoms with E-state index in [1.54, 1.807) is 0 Å². The highest BCUT2D eigenvalue weighted by atomic mass is 79.9. The molecule has 0 amide bonds. The summed E-state index contributed by atoms with van der Waals surface area (Å²) in [6, 6.07) is 0. The second kappa shape index (κ2) is 4.36. The first-order chi connectivity index (χ1) is 6.75. The average molecular weight is 257 g/mol. The molecule has 1 aromatic rings. The second-order valence-electron chi connectivity index (χ2n) is 3.56. The van der Waals surface area contributed by atoms with Crippen LogP contribution in [0, 0.1) is 6.92 Å². The van der Waals surface area contributed by atoms with Gasteiger partial charge in [-0.3, -0.25) is 0 Å². The van der Waals surface area contributed by atoms with Crippen LogP contribution >= 0.6 is 15.9 Å². The van der Waals surface area contributed by atoms with Crippen molar-refractivity contribution in [3.8, 4) is 0 Å². The van der Waals surface area contributed by atoms with Crippen LogP contribution in [0.3, 0.4) is 0 Å². The molecular weight excluding hydrogens is 244 g/mol. The molecule has 0 N–H and O–H groups in total. The van der Waals surface area contributed by atoms with E-state index in [2.05, 4.69) is 25.9 Å². The number of aromatic nitrogens is 2. The van der Waals surface area contributed by atoms with Gasteiger partial charge in [0.2, 0.25) is 0 Å². The maximum atomic E-state index is 5.54. The molecule has 1 saturated heterocycles. The third kappa shape index (κ3) is 2.30. The fourth-order valence-corrected chi connectivity index (χ4v) is 1.80. The smallest absolute Gasteiger partial charge is 0.131 e. The van der Waals surface area contributed by atoms with Crippen LogP contribution in [0.25, 0.3) is 0 Å². The Labute approximate surface area is 92.0 Å². The monoisotopic (exact) mass is 256 g/mol. The first-order valence-corrected chi connectivity index (χ1v) is 5.64. The zero-order valence-corrected chi connectivity index (χ0v) is 9.75. The summed E-state index contributed by atoms with van der Waals surface area (Å²) in [5.74, 6) is 0.887. The third-order valence-electron chi connectivity index (χ3n) is 2.40. The normalized spacial score (nSPS) is 21.4. The molecule has 0 spiro atoms. The van der Waals surface area contributed by atoms with Crippen molar-refractivity contribution in [3.05, 3.63) is 22.2 Å². The SMILES string of the molecule is Cc1nc(CC2CCCO2)ncc1Br. The Morgan fingerprint density at radius 2 is 2.50 bits per heavy atom. The van der Waals surface area contributed by atoms with Gasteiger partial charge in [0, 0.05) is 19.2 Å². The van der Waals surface area contributed by atoms with E-state index < -0.39 is 0 Å².